The van der Waals surface area contributed by atoms with Gasteiger partial charge in [0.05, 0.1) is 0 Å². The van der Waals surface area contributed by atoms with E-state index in [1.807, 2.05) is 0 Å². The zero-order valence-electron chi connectivity index (χ0n) is 6.02. The van der Waals surface area contributed by atoms with Gasteiger partial charge in [0, 0.05) is 0 Å². The van der Waals surface area contributed by atoms with Crippen molar-refractivity contribution in [2.45, 2.75) is 12.2 Å². The van der Waals surface area contributed by atoms with E-state index in [0.29, 0.717) is 0 Å². The summed E-state index contributed by atoms with van der Waals surface area (Å²) in [7, 11) is 0. The number of amides is 2. The number of nitrogens with two attached hydrogens (primary N) is 2. The SMILES string of the molecule is NNC(=O)[C@H](O)[C@@H](O)C(=O)NN. The second kappa shape index (κ2) is 4.62. The summed E-state index contributed by atoms with van der Waals surface area (Å²) in [5.41, 5.74) is 3.11. The molecule has 0 rings (SSSR count). The van der Waals surface area contributed by atoms with Crippen molar-refractivity contribution in [1.29, 1.82) is 0 Å². The minimum absolute atomic E-state index is 1.08. The van der Waals surface area contributed by atoms with Crippen molar-refractivity contribution < 1.29 is 19.8 Å². The van der Waals surface area contributed by atoms with E-state index in [2.05, 4.69) is 11.7 Å². The molecule has 0 aliphatic rings. The van der Waals surface area contributed by atoms with Crippen LogP contribution in [0.3, 0.4) is 0 Å². The van der Waals surface area contributed by atoms with E-state index >= 15 is 0 Å². The number of carbonyl (C=O) groups is 2. The van der Waals surface area contributed by atoms with Crippen LogP contribution in [0.5, 0.6) is 0 Å². The molecule has 0 aliphatic heterocycles. The average Bonchev–Trinajstić information content (AvgIpc) is 2.12. The predicted molar refractivity (Wildman–Crippen MR) is 36.7 cm³/mol. The molecule has 0 unspecified atom stereocenters. The summed E-state index contributed by atoms with van der Waals surface area (Å²) in [6, 6.07) is 0. The molecule has 0 heterocycles. The lowest BCUT2D eigenvalue weighted by Gasteiger charge is -2.13. The van der Waals surface area contributed by atoms with E-state index in [0.717, 1.165) is 0 Å². The maximum Gasteiger partial charge on any atom is 0.265 e. The molecule has 0 aromatic carbocycles. The Morgan fingerprint density at radius 3 is 1.42 bits per heavy atom. The smallest absolute Gasteiger partial charge is 0.265 e. The minimum atomic E-state index is -1.93. The van der Waals surface area contributed by atoms with Crippen LogP contribution >= 0.6 is 0 Å². The summed E-state index contributed by atoms with van der Waals surface area (Å²) in [6.45, 7) is 0. The Hall–Kier alpha value is -1.22. The molecule has 2 atom stereocenters. The number of rotatable bonds is 3. The highest BCUT2D eigenvalue weighted by Gasteiger charge is 2.29. The van der Waals surface area contributed by atoms with Crippen LogP contribution in [-0.4, -0.2) is 34.2 Å². The molecule has 0 spiro atoms. The van der Waals surface area contributed by atoms with Crippen LogP contribution in [0.1, 0.15) is 0 Å². The summed E-state index contributed by atoms with van der Waals surface area (Å²) in [5.74, 6) is 7.08. The Bertz CT molecular complexity index is 164. The molecule has 0 bridgehead atoms. The number of hydrogen-bond donors (Lipinski definition) is 6. The molecule has 8 nitrogen and oxygen atoms in total. The topological polar surface area (TPSA) is 151 Å². The second-order valence-electron chi connectivity index (χ2n) is 1.91. The molecular formula is C4H10N4O4. The van der Waals surface area contributed by atoms with Crippen molar-refractivity contribution in [1.82, 2.24) is 10.9 Å². The van der Waals surface area contributed by atoms with Crippen LogP contribution < -0.4 is 22.5 Å². The molecule has 0 radical (unpaired) electrons. The van der Waals surface area contributed by atoms with Gasteiger partial charge in [0.1, 0.15) is 0 Å². The molecule has 0 aromatic rings. The summed E-state index contributed by atoms with van der Waals surface area (Å²) in [5, 5.41) is 17.7. The van der Waals surface area contributed by atoms with Crippen molar-refractivity contribution in [3.8, 4) is 0 Å². The fourth-order valence-corrected chi connectivity index (χ4v) is 0.458. The van der Waals surface area contributed by atoms with Gasteiger partial charge in [0.25, 0.3) is 11.8 Å². The summed E-state index contributed by atoms with van der Waals surface area (Å²) in [6.07, 6.45) is -3.86. The van der Waals surface area contributed by atoms with Crippen LogP contribution in [-0.2, 0) is 9.59 Å². The molecule has 0 saturated heterocycles. The van der Waals surface area contributed by atoms with Crippen LogP contribution in [0.4, 0.5) is 0 Å². The van der Waals surface area contributed by atoms with Gasteiger partial charge in [-0.05, 0) is 0 Å². The Morgan fingerprint density at radius 1 is 1.00 bits per heavy atom. The third-order valence-corrected chi connectivity index (χ3v) is 1.12. The first-order valence-electron chi connectivity index (χ1n) is 2.91. The molecule has 0 fully saturated rings. The quantitative estimate of drug-likeness (QED) is 0.146. The Morgan fingerprint density at radius 2 is 1.25 bits per heavy atom. The van der Waals surface area contributed by atoms with Gasteiger partial charge in [-0.3, -0.25) is 20.4 Å². The van der Waals surface area contributed by atoms with Crippen molar-refractivity contribution in [3.63, 3.8) is 0 Å². The van der Waals surface area contributed by atoms with E-state index in [4.69, 9.17) is 10.2 Å². The maximum atomic E-state index is 10.5. The highest BCUT2D eigenvalue weighted by atomic mass is 16.3. The van der Waals surface area contributed by atoms with Crippen molar-refractivity contribution in [2.75, 3.05) is 0 Å². The summed E-state index contributed by atoms with van der Waals surface area (Å²) in [4.78, 5) is 21.0. The molecule has 70 valence electrons. The number of nitrogens with one attached hydrogen (secondary N) is 2. The largest absolute Gasteiger partial charge is 0.380 e. The number of aliphatic hydroxyl groups is 2. The monoisotopic (exact) mass is 178 g/mol. The van der Waals surface area contributed by atoms with Crippen molar-refractivity contribution >= 4 is 11.8 Å². The van der Waals surface area contributed by atoms with Gasteiger partial charge in [-0.2, -0.15) is 0 Å². The molecule has 8 heteroatoms. The Labute approximate surface area is 67.5 Å². The van der Waals surface area contributed by atoms with E-state index in [1.165, 1.54) is 0 Å². The lowest BCUT2D eigenvalue weighted by molar-refractivity contribution is -0.146. The Kier molecular flexibility index (Phi) is 4.15. The average molecular weight is 178 g/mol. The van der Waals surface area contributed by atoms with Crippen molar-refractivity contribution in [2.24, 2.45) is 11.7 Å². The van der Waals surface area contributed by atoms with E-state index < -0.39 is 24.0 Å². The van der Waals surface area contributed by atoms with E-state index in [-0.39, 0.29) is 0 Å². The van der Waals surface area contributed by atoms with Crippen LogP contribution in [0.15, 0.2) is 0 Å². The fourth-order valence-electron chi connectivity index (χ4n) is 0.458. The fraction of sp³-hybridized carbons (Fsp3) is 0.500. The molecule has 0 aliphatic carbocycles. The van der Waals surface area contributed by atoms with Gasteiger partial charge in [-0.1, -0.05) is 0 Å². The summed E-state index contributed by atoms with van der Waals surface area (Å²) >= 11 is 0. The van der Waals surface area contributed by atoms with Gasteiger partial charge in [-0.25, -0.2) is 11.7 Å². The molecule has 0 aromatic heterocycles. The lowest BCUT2D eigenvalue weighted by atomic mass is 10.2. The minimum Gasteiger partial charge on any atom is -0.380 e. The predicted octanol–water partition coefficient (Wildman–Crippen LogP) is -4.31. The first-order chi connectivity index (χ1) is 5.54. The number of aliphatic hydroxyl groups excluding tert-OH is 2. The van der Waals surface area contributed by atoms with E-state index in [9.17, 15) is 9.59 Å². The molecule has 2 amide bonds. The number of hydrogen-bond acceptors (Lipinski definition) is 6. The normalized spacial score (nSPS) is 14.7. The van der Waals surface area contributed by atoms with Crippen LogP contribution in [0.25, 0.3) is 0 Å². The van der Waals surface area contributed by atoms with Gasteiger partial charge in [0.2, 0.25) is 0 Å². The Balaban J connectivity index is 4.18. The van der Waals surface area contributed by atoms with Gasteiger partial charge in [-0.15, -0.1) is 0 Å². The highest BCUT2D eigenvalue weighted by Crippen LogP contribution is 1.92. The van der Waals surface area contributed by atoms with Gasteiger partial charge >= 0.3 is 0 Å². The molecule has 0 saturated carbocycles. The van der Waals surface area contributed by atoms with Crippen LogP contribution in [0, 0.1) is 0 Å². The third kappa shape index (κ3) is 2.43. The molecule has 8 N–H and O–H groups in total. The van der Waals surface area contributed by atoms with Crippen LogP contribution in [0.2, 0.25) is 0 Å². The zero-order chi connectivity index (χ0) is 9.72. The second-order valence-corrected chi connectivity index (χ2v) is 1.91. The third-order valence-electron chi connectivity index (χ3n) is 1.12. The van der Waals surface area contributed by atoms with Gasteiger partial charge in [0.15, 0.2) is 12.2 Å². The highest BCUT2D eigenvalue weighted by molar-refractivity contribution is 5.90. The molecule has 12 heavy (non-hydrogen) atoms. The number of carbonyl (C=O) groups excluding carboxylic acids is 2. The van der Waals surface area contributed by atoms with E-state index in [1.54, 1.807) is 10.9 Å². The zero-order valence-corrected chi connectivity index (χ0v) is 6.02. The first kappa shape index (κ1) is 10.8. The molecular weight excluding hydrogens is 168 g/mol. The first-order valence-corrected chi connectivity index (χ1v) is 2.91. The maximum absolute atomic E-state index is 10.5. The van der Waals surface area contributed by atoms with Gasteiger partial charge < -0.3 is 10.2 Å². The standard InChI is InChI=1S/C4H10N4O4/c5-7-3(11)1(9)2(10)4(12)8-6/h1-2,9-10H,5-6H2,(H,7,11)(H,8,12)/t1-,2-/m1/s1. The summed E-state index contributed by atoms with van der Waals surface area (Å²) < 4.78 is 0. The van der Waals surface area contributed by atoms with Crippen molar-refractivity contribution in [3.05, 3.63) is 0 Å². The lowest BCUT2D eigenvalue weighted by Crippen LogP contribution is -2.52. The number of hydrazine groups is 2.